The predicted molar refractivity (Wildman–Crippen MR) is 51.4 cm³/mol. The van der Waals surface area contributed by atoms with Crippen LogP contribution in [-0.4, -0.2) is 19.7 Å². The molecule has 1 heterocycles. The third kappa shape index (κ3) is 1.33. The summed E-state index contributed by atoms with van der Waals surface area (Å²) in [6.07, 6.45) is 3.53. The van der Waals surface area contributed by atoms with Crippen molar-refractivity contribution in [1.82, 2.24) is 0 Å². The van der Waals surface area contributed by atoms with Crippen LogP contribution >= 0.6 is 0 Å². The SMILES string of the molecule is C=C1CCC2C(C(=O)OC)=COCC12. The maximum atomic E-state index is 11.4. The molecule has 2 atom stereocenters. The van der Waals surface area contributed by atoms with Crippen LogP contribution in [0.4, 0.5) is 0 Å². The third-order valence-electron chi connectivity index (χ3n) is 3.09. The lowest BCUT2D eigenvalue weighted by molar-refractivity contribution is -0.137. The van der Waals surface area contributed by atoms with E-state index >= 15 is 0 Å². The smallest absolute Gasteiger partial charge is 0.337 e. The summed E-state index contributed by atoms with van der Waals surface area (Å²) in [6.45, 7) is 4.66. The number of carbonyl (C=O) groups is 1. The van der Waals surface area contributed by atoms with Crippen LogP contribution in [0.2, 0.25) is 0 Å². The van der Waals surface area contributed by atoms with Crippen LogP contribution in [0, 0.1) is 11.8 Å². The molecule has 2 unspecified atom stereocenters. The van der Waals surface area contributed by atoms with Gasteiger partial charge >= 0.3 is 5.97 Å². The molecule has 1 aliphatic carbocycles. The van der Waals surface area contributed by atoms with E-state index in [0.717, 1.165) is 12.8 Å². The van der Waals surface area contributed by atoms with Crippen molar-refractivity contribution in [2.45, 2.75) is 12.8 Å². The molecule has 0 amide bonds. The highest BCUT2D eigenvalue weighted by molar-refractivity contribution is 5.89. The van der Waals surface area contributed by atoms with Crippen molar-refractivity contribution in [1.29, 1.82) is 0 Å². The molecule has 0 spiro atoms. The highest BCUT2D eigenvalue weighted by Gasteiger charge is 2.38. The van der Waals surface area contributed by atoms with Crippen molar-refractivity contribution < 1.29 is 14.3 Å². The van der Waals surface area contributed by atoms with Crippen LogP contribution in [0.5, 0.6) is 0 Å². The minimum Gasteiger partial charge on any atom is -0.500 e. The molecule has 0 bridgehead atoms. The topological polar surface area (TPSA) is 35.5 Å². The van der Waals surface area contributed by atoms with E-state index in [9.17, 15) is 4.79 Å². The van der Waals surface area contributed by atoms with Gasteiger partial charge in [-0.05, 0) is 12.8 Å². The largest absolute Gasteiger partial charge is 0.500 e. The highest BCUT2D eigenvalue weighted by atomic mass is 16.5. The average Bonchev–Trinajstić information content (AvgIpc) is 2.59. The zero-order chi connectivity index (χ0) is 10.1. The summed E-state index contributed by atoms with van der Waals surface area (Å²) >= 11 is 0. The van der Waals surface area contributed by atoms with E-state index in [-0.39, 0.29) is 11.9 Å². The second kappa shape index (κ2) is 3.48. The van der Waals surface area contributed by atoms with Crippen molar-refractivity contribution >= 4 is 5.97 Å². The van der Waals surface area contributed by atoms with Crippen LogP contribution in [0.25, 0.3) is 0 Å². The van der Waals surface area contributed by atoms with Gasteiger partial charge in [-0.2, -0.15) is 0 Å². The van der Waals surface area contributed by atoms with Crippen molar-refractivity contribution in [3.05, 3.63) is 24.0 Å². The van der Waals surface area contributed by atoms with E-state index in [1.165, 1.54) is 12.7 Å². The Labute approximate surface area is 83.4 Å². The summed E-state index contributed by atoms with van der Waals surface area (Å²) in [7, 11) is 1.40. The van der Waals surface area contributed by atoms with Crippen LogP contribution in [0.15, 0.2) is 24.0 Å². The molecule has 14 heavy (non-hydrogen) atoms. The number of methoxy groups -OCH3 is 1. The summed E-state index contributed by atoms with van der Waals surface area (Å²) in [4.78, 5) is 11.4. The maximum Gasteiger partial charge on any atom is 0.337 e. The average molecular weight is 194 g/mol. The molecule has 0 aromatic carbocycles. The summed E-state index contributed by atoms with van der Waals surface area (Å²) in [5.41, 5.74) is 1.87. The molecule has 76 valence electrons. The molecule has 0 aromatic heterocycles. The van der Waals surface area contributed by atoms with Gasteiger partial charge in [0.1, 0.15) is 0 Å². The number of hydrogen-bond acceptors (Lipinski definition) is 3. The van der Waals surface area contributed by atoms with Crippen LogP contribution in [0.1, 0.15) is 12.8 Å². The molecule has 3 heteroatoms. The van der Waals surface area contributed by atoms with E-state index in [4.69, 9.17) is 9.47 Å². The molecule has 1 aliphatic heterocycles. The standard InChI is InChI=1S/C11H14O3/c1-7-3-4-8-9(7)5-14-6-10(8)11(12)13-2/h6,8-9H,1,3-5H2,2H3. The third-order valence-corrected chi connectivity index (χ3v) is 3.09. The zero-order valence-corrected chi connectivity index (χ0v) is 8.29. The molecule has 0 radical (unpaired) electrons. The van der Waals surface area contributed by atoms with Gasteiger partial charge in [0.25, 0.3) is 0 Å². The van der Waals surface area contributed by atoms with Crippen molar-refractivity contribution in [3.63, 3.8) is 0 Å². The van der Waals surface area contributed by atoms with Gasteiger partial charge in [0.15, 0.2) is 0 Å². The number of esters is 1. The number of hydrogen-bond donors (Lipinski definition) is 0. The van der Waals surface area contributed by atoms with E-state index in [0.29, 0.717) is 18.1 Å². The fourth-order valence-corrected chi connectivity index (χ4v) is 2.26. The first kappa shape index (κ1) is 9.31. The number of ether oxygens (including phenoxy) is 2. The first-order valence-electron chi connectivity index (χ1n) is 4.81. The van der Waals surface area contributed by atoms with Gasteiger partial charge in [-0.25, -0.2) is 4.79 Å². The summed E-state index contributed by atoms with van der Waals surface area (Å²) < 4.78 is 9.98. The van der Waals surface area contributed by atoms with E-state index in [1.54, 1.807) is 6.26 Å². The quantitative estimate of drug-likeness (QED) is 0.470. The summed E-state index contributed by atoms with van der Waals surface area (Å²) in [5, 5.41) is 0. The Morgan fingerprint density at radius 1 is 1.64 bits per heavy atom. The second-order valence-electron chi connectivity index (χ2n) is 3.81. The predicted octanol–water partition coefficient (Wildman–Crippen LogP) is 1.66. The Morgan fingerprint density at radius 3 is 3.14 bits per heavy atom. The number of carbonyl (C=O) groups excluding carboxylic acids is 1. The first-order chi connectivity index (χ1) is 6.74. The van der Waals surface area contributed by atoms with Gasteiger partial charge in [0, 0.05) is 11.8 Å². The van der Waals surface area contributed by atoms with Crippen LogP contribution in [-0.2, 0) is 14.3 Å². The van der Waals surface area contributed by atoms with Gasteiger partial charge in [-0.1, -0.05) is 12.2 Å². The zero-order valence-electron chi connectivity index (χ0n) is 8.29. The Kier molecular flexibility index (Phi) is 2.32. The molecule has 1 saturated carbocycles. The van der Waals surface area contributed by atoms with E-state index in [1.807, 2.05) is 0 Å². The second-order valence-corrected chi connectivity index (χ2v) is 3.81. The fourth-order valence-electron chi connectivity index (χ4n) is 2.26. The molecular weight excluding hydrogens is 180 g/mol. The lowest BCUT2D eigenvalue weighted by Gasteiger charge is -2.25. The molecule has 0 aromatic rings. The van der Waals surface area contributed by atoms with Crippen molar-refractivity contribution in [2.75, 3.05) is 13.7 Å². The molecule has 2 aliphatic rings. The molecule has 1 fully saturated rings. The lowest BCUT2D eigenvalue weighted by atomic mass is 9.87. The number of rotatable bonds is 1. The minimum absolute atomic E-state index is 0.267. The monoisotopic (exact) mass is 194 g/mol. The molecular formula is C11H14O3. The Morgan fingerprint density at radius 2 is 2.43 bits per heavy atom. The Hall–Kier alpha value is -1.25. The van der Waals surface area contributed by atoms with E-state index < -0.39 is 0 Å². The number of fused-ring (bicyclic) bond motifs is 1. The minimum atomic E-state index is -0.269. The molecule has 0 saturated heterocycles. The fraction of sp³-hybridized carbons (Fsp3) is 0.545. The van der Waals surface area contributed by atoms with Crippen molar-refractivity contribution in [3.8, 4) is 0 Å². The highest BCUT2D eigenvalue weighted by Crippen LogP contribution is 2.42. The van der Waals surface area contributed by atoms with E-state index in [2.05, 4.69) is 6.58 Å². The van der Waals surface area contributed by atoms with Gasteiger partial charge in [-0.15, -0.1) is 0 Å². The molecule has 3 nitrogen and oxygen atoms in total. The van der Waals surface area contributed by atoms with Gasteiger partial charge in [0.05, 0.1) is 25.6 Å². The van der Waals surface area contributed by atoms with Gasteiger partial charge < -0.3 is 9.47 Å². The van der Waals surface area contributed by atoms with Crippen LogP contribution < -0.4 is 0 Å². The lowest BCUT2D eigenvalue weighted by Crippen LogP contribution is -2.26. The first-order valence-corrected chi connectivity index (χ1v) is 4.81. The molecule has 0 N–H and O–H groups in total. The molecule has 2 rings (SSSR count). The van der Waals surface area contributed by atoms with Crippen molar-refractivity contribution in [2.24, 2.45) is 11.8 Å². The Bertz CT molecular complexity index is 304. The summed E-state index contributed by atoms with van der Waals surface area (Å²) in [5.74, 6) is 0.312. The summed E-state index contributed by atoms with van der Waals surface area (Å²) in [6, 6.07) is 0. The van der Waals surface area contributed by atoms with Gasteiger partial charge in [0.2, 0.25) is 0 Å². The van der Waals surface area contributed by atoms with Crippen LogP contribution in [0.3, 0.4) is 0 Å². The normalized spacial score (nSPS) is 30.4. The van der Waals surface area contributed by atoms with Gasteiger partial charge in [-0.3, -0.25) is 0 Å². The Balaban J connectivity index is 2.22. The maximum absolute atomic E-state index is 11.4.